The van der Waals surface area contributed by atoms with Crippen molar-refractivity contribution in [2.75, 3.05) is 13.1 Å². The van der Waals surface area contributed by atoms with Crippen LogP contribution in [-0.2, 0) is 13.6 Å². The van der Waals surface area contributed by atoms with Crippen molar-refractivity contribution in [1.82, 2.24) is 14.5 Å². The Hall–Kier alpha value is -2.07. The average Bonchev–Trinajstić information content (AvgIpc) is 3.21. The molecule has 0 N–H and O–H groups in total. The lowest BCUT2D eigenvalue weighted by molar-refractivity contribution is 0.290. The molecule has 1 aliphatic rings. The van der Waals surface area contributed by atoms with Crippen LogP contribution in [0.15, 0.2) is 40.8 Å². The van der Waals surface area contributed by atoms with Crippen LogP contribution in [0.25, 0.3) is 11.0 Å². The second-order valence-corrected chi connectivity index (χ2v) is 6.25. The van der Waals surface area contributed by atoms with Crippen LogP contribution in [0.5, 0.6) is 0 Å². The van der Waals surface area contributed by atoms with E-state index in [0.29, 0.717) is 5.92 Å². The highest BCUT2D eigenvalue weighted by Gasteiger charge is 2.28. The third-order valence-electron chi connectivity index (χ3n) is 4.63. The molecule has 0 amide bonds. The number of aromatic nitrogens is 2. The van der Waals surface area contributed by atoms with Crippen LogP contribution in [0.3, 0.4) is 0 Å². The zero-order valence-electron chi connectivity index (χ0n) is 13.1. The van der Waals surface area contributed by atoms with Gasteiger partial charge in [0.15, 0.2) is 0 Å². The summed E-state index contributed by atoms with van der Waals surface area (Å²) in [5, 5.41) is 0. The maximum absolute atomic E-state index is 5.70. The number of fused-ring (bicyclic) bond motifs is 1. The number of hydrogen-bond acceptors (Lipinski definition) is 3. The SMILES string of the molecule is Cc1ccc(CN2CC[C@H](c3nc4ccccc4n3C)C2)o1. The molecule has 0 saturated carbocycles. The van der Waals surface area contributed by atoms with Crippen molar-refractivity contribution in [3.05, 3.63) is 53.7 Å². The van der Waals surface area contributed by atoms with Gasteiger partial charge in [0.25, 0.3) is 0 Å². The molecule has 3 aromatic rings. The van der Waals surface area contributed by atoms with E-state index in [1.807, 2.05) is 13.0 Å². The maximum atomic E-state index is 5.70. The number of imidazole rings is 1. The minimum atomic E-state index is 0.508. The summed E-state index contributed by atoms with van der Waals surface area (Å²) in [5.41, 5.74) is 2.32. The summed E-state index contributed by atoms with van der Waals surface area (Å²) in [5.74, 6) is 3.76. The van der Waals surface area contributed by atoms with Crippen molar-refractivity contribution in [2.45, 2.75) is 25.8 Å². The molecule has 1 saturated heterocycles. The molecule has 4 rings (SSSR count). The van der Waals surface area contributed by atoms with E-state index < -0.39 is 0 Å². The minimum absolute atomic E-state index is 0.508. The Labute approximate surface area is 130 Å². The highest BCUT2D eigenvalue weighted by atomic mass is 16.3. The van der Waals surface area contributed by atoms with Crippen molar-refractivity contribution < 1.29 is 4.42 Å². The number of rotatable bonds is 3. The van der Waals surface area contributed by atoms with Crippen LogP contribution < -0.4 is 0 Å². The molecule has 114 valence electrons. The molecule has 3 heterocycles. The lowest BCUT2D eigenvalue weighted by Gasteiger charge is -2.14. The normalized spacial score (nSPS) is 19.3. The maximum Gasteiger partial charge on any atom is 0.118 e. The monoisotopic (exact) mass is 295 g/mol. The number of likely N-dealkylation sites (tertiary alicyclic amines) is 1. The molecule has 22 heavy (non-hydrogen) atoms. The van der Waals surface area contributed by atoms with E-state index in [0.717, 1.165) is 43.1 Å². The Balaban J connectivity index is 1.53. The van der Waals surface area contributed by atoms with Gasteiger partial charge >= 0.3 is 0 Å². The largest absolute Gasteiger partial charge is 0.465 e. The van der Waals surface area contributed by atoms with E-state index >= 15 is 0 Å². The first-order valence-corrected chi connectivity index (χ1v) is 7.90. The molecule has 1 aromatic carbocycles. The van der Waals surface area contributed by atoms with Gasteiger partial charge in [0, 0.05) is 19.5 Å². The van der Waals surface area contributed by atoms with Crippen LogP contribution in [0.1, 0.15) is 29.7 Å². The zero-order chi connectivity index (χ0) is 15.1. The molecule has 0 radical (unpaired) electrons. The first-order valence-electron chi connectivity index (χ1n) is 7.90. The van der Waals surface area contributed by atoms with Crippen LogP contribution in [0, 0.1) is 6.92 Å². The second kappa shape index (κ2) is 5.29. The topological polar surface area (TPSA) is 34.2 Å². The molecule has 0 aliphatic carbocycles. The zero-order valence-corrected chi connectivity index (χ0v) is 13.1. The number of nitrogens with zero attached hydrogens (tertiary/aromatic N) is 3. The summed E-state index contributed by atoms with van der Waals surface area (Å²) >= 11 is 0. The fraction of sp³-hybridized carbons (Fsp3) is 0.389. The van der Waals surface area contributed by atoms with Crippen molar-refractivity contribution in [2.24, 2.45) is 7.05 Å². The van der Waals surface area contributed by atoms with Gasteiger partial charge in [-0.2, -0.15) is 0 Å². The number of para-hydroxylation sites is 2. The van der Waals surface area contributed by atoms with E-state index in [2.05, 4.69) is 46.8 Å². The average molecular weight is 295 g/mol. The lowest BCUT2D eigenvalue weighted by atomic mass is 10.1. The third-order valence-corrected chi connectivity index (χ3v) is 4.63. The number of aryl methyl sites for hydroxylation is 2. The van der Waals surface area contributed by atoms with E-state index in [-0.39, 0.29) is 0 Å². The van der Waals surface area contributed by atoms with Crippen LogP contribution in [0.2, 0.25) is 0 Å². The molecule has 1 aliphatic heterocycles. The van der Waals surface area contributed by atoms with Crippen molar-refractivity contribution in [3.63, 3.8) is 0 Å². The summed E-state index contributed by atoms with van der Waals surface area (Å²) in [4.78, 5) is 7.31. The smallest absolute Gasteiger partial charge is 0.118 e. The molecule has 4 heteroatoms. The van der Waals surface area contributed by atoms with Crippen molar-refractivity contribution in [1.29, 1.82) is 0 Å². The Morgan fingerprint density at radius 3 is 2.86 bits per heavy atom. The predicted octanol–water partition coefficient (Wildman–Crippen LogP) is 3.46. The summed E-state index contributed by atoms with van der Waals surface area (Å²) in [7, 11) is 2.13. The Morgan fingerprint density at radius 2 is 2.09 bits per heavy atom. The highest BCUT2D eigenvalue weighted by molar-refractivity contribution is 5.75. The summed E-state index contributed by atoms with van der Waals surface area (Å²) in [6.45, 7) is 5.05. The van der Waals surface area contributed by atoms with Gasteiger partial charge in [-0.1, -0.05) is 12.1 Å². The minimum Gasteiger partial charge on any atom is -0.465 e. The molecule has 4 nitrogen and oxygen atoms in total. The molecular weight excluding hydrogens is 274 g/mol. The number of hydrogen-bond donors (Lipinski definition) is 0. The van der Waals surface area contributed by atoms with E-state index in [1.54, 1.807) is 0 Å². The van der Waals surface area contributed by atoms with Gasteiger partial charge in [-0.15, -0.1) is 0 Å². The standard InChI is InChI=1S/C18H21N3O/c1-13-7-8-15(22-13)12-21-10-9-14(11-21)18-19-16-5-3-4-6-17(16)20(18)2/h3-8,14H,9-12H2,1-2H3/t14-/m0/s1. The van der Waals surface area contributed by atoms with Crippen LogP contribution in [-0.4, -0.2) is 27.5 Å². The Bertz CT molecular complexity index is 802. The molecule has 1 fully saturated rings. The van der Waals surface area contributed by atoms with Gasteiger partial charge in [-0.05, 0) is 44.2 Å². The van der Waals surface area contributed by atoms with Gasteiger partial charge in [-0.25, -0.2) is 4.98 Å². The van der Waals surface area contributed by atoms with Gasteiger partial charge < -0.3 is 8.98 Å². The molecule has 0 spiro atoms. The second-order valence-electron chi connectivity index (χ2n) is 6.25. The molecule has 0 unspecified atom stereocenters. The van der Waals surface area contributed by atoms with Gasteiger partial charge in [-0.3, -0.25) is 4.90 Å². The quantitative estimate of drug-likeness (QED) is 0.742. The summed E-state index contributed by atoms with van der Waals surface area (Å²) < 4.78 is 7.95. The van der Waals surface area contributed by atoms with Crippen LogP contribution >= 0.6 is 0 Å². The van der Waals surface area contributed by atoms with Gasteiger partial charge in [0.2, 0.25) is 0 Å². The third kappa shape index (κ3) is 2.33. The molecule has 1 atom stereocenters. The van der Waals surface area contributed by atoms with Gasteiger partial charge in [0.1, 0.15) is 17.3 Å². The Kier molecular flexibility index (Phi) is 3.26. The summed E-state index contributed by atoms with van der Waals surface area (Å²) in [6.07, 6.45) is 1.16. The van der Waals surface area contributed by atoms with Gasteiger partial charge in [0.05, 0.1) is 17.6 Å². The first-order chi connectivity index (χ1) is 10.7. The summed E-state index contributed by atoms with van der Waals surface area (Å²) in [6, 6.07) is 12.5. The number of furan rings is 1. The van der Waals surface area contributed by atoms with E-state index in [9.17, 15) is 0 Å². The van der Waals surface area contributed by atoms with E-state index in [1.165, 1.54) is 11.3 Å². The Morgan fingerprint density at radius 1 is 1.23 bits per heavy atom. The number of benzene rings is 1. The molecule has 2 aromatic heterocycles. The molecular formula is C18H21N3O. The predicted molar refractivity (Wildman–Crippen MR) is 86.8 cm³/mol. The lowest BCUT2D eigenvalue weighted by Crippen LogP contribution is -2.20. The van der Waals surface area contributed by atoms with Crippen molar-refractivity contribution in [3.8, 4) is 0 Å². The fourth-order valence-corrected chi connectivity index (χ4v) is 3.51. The fourth-order valence-electron chi connectivity index (χ4n) is 3.51. The van der Waals surface area contributed by atoms with E-state index in [4.69, 9.17) is 9.40 Å². The molecule has 0 bridgehead atoms. The first kappa shape index (κ1) is 13.6. The van der Waals surface area contributed by atoms with Crippen LogP contribution in [0.4, 0.5) is 0 Å². The highest BCUT2D eigenvalue weighted by Crippen LogP contribution is 2.29. The van der Waals surface area contributed by atoms with Crippen molar-refractivity contribution >= 4 is 11.0 Å².